The zero-order valence-electron chi connectivity index (χ0n) is 19.2. The van der Waals surface area contributed by atoms with Gasteiger partial charge in [-0.05, 0) is 35.9 Å². The second-order valence-corrected chi connectivity index (χ2v) is 9.90. The molecule has 0 atom stereocenters. The molecule has 0 amide bonds. The zero-order valence-corrected chi connectivity index (χ0v) is 20.0. The van der Waals surface area contributed by atoms with Gasteiger partial charge in [0, 0.05) is 25.1 Å². The smallest absolute Gasteiger partial charge is 0.417 e. The fourth-order valence-corrected chi connectivity index (χ4v) is 4.44. The number of hydrogen-bond acceptors (Lipinski definition) is 7. The molecule has 0 aliphatic rings. The van der Waals surface area contributed by atoms with E-state index < -0.39 is 27.3 Å². The number of methoxy groups -OCH3 is 1. The number of alkyl halides is 3. The van der Waals surface area contributed by atoms with Gasteiger partial charge in [-0.3, -0.25) is 0 Å². The molecule has 0 fully saturated rings. The number of hydrogen-bond donors (Lipinski definition) is 0. The van der Waals surface area contributed by atoms with Crippen LogP contribution >= 0.6 is 0 Å². The average Bonchev–Trinajstić information content (AvgIpc) is 3.19. The van der Waals surface area contributed by atoms with E-state index in [1.807, 2.05) is 0 Å². The lowest BCUT2D eigenvalue weighted by Crippen LogP contribution is -2.23. The lowest BCUT2D eigenvalue weighted by atomic mass is 10.1. The van der Waals surface area contributed by atoms with Crippen LogP contribution in [0.15, 0.2) is 64.5 Å². The van der Waals surface area contributed by atoms with Gasteiger partial charge in [0.2, 0.25) is 0 Å². The van der Waals surface area contributed by atoms with E-state index in [-0.39, 0.29) is 22.1 Å². The predicted octanol–water partition coefficient (Wildman–Crippen LogP) is 3.38. The fraction of sp³-hybridized carbons (Fsp3) is 0.261. The molecule has 3 heterocycles. The zero-order chi connectivity index (χ0) is 26.1. The normalized spacial score (nSPS) is 12.2. The van der Waals surface area contributed by atoms with Crippen molar-refractivity contribution in [2.45, 2.75) is 18.0 Å². The Kier molecular flexibility index (Phi) is 6.87. The molecule has 4 aromatic rings. The molecular formula is C23H21F3N4O5S. The average molecular weight is 523 g/mol. The minimum absolute atomic E-state index is 0.0946. The van der Waals surface area contributed by atoms with Gasteiger partial charge in [0.1, 0.15) is 17.3 Å². The molecule has 0 aliphatic carbocycles. The van der Waals surface area contributed by atoms with Crippen LogP contribution in [0.5, 0.6) is 5.75 Å². The minimum atomic E-state index is -4.67. The number of rotatable bonds is 8. The van der Waals surface area contributed by atoms with E-state index >= 15 is 0 Å². The van der Waals surface area contributed by atoms with Crippen molar-refractivity contribution in [3.8, 4) is 22.7 Å². The van der Waals surface area contributed by atoms with E-state index in [1.54, 1.807) is 31.4 Å². The number of ether oxygens (including phenoxy) is 2. The third kappa shape index (κ3) is 4.97. The Morgan fingerprint density at radius 3 is 2.39 bits per heavy atom. The van der Waals surface area contributed by atoms with Gasteiger partial charge in [0.25, 0.3) is 0 Å². The van der Waals surface area contributed by atoms with Crippen molar-refractivity contribution in [2.24, 2.45) is 0 Å². The van der Waals surface area contributed by atoms with Crippen LogP contribution < -0.4 is 10.4 Å². The van der Waals surface area contributed by atoms with Crippen molar-refractivity contribution in [3.05, 3.63) is 70.9 Å². The molecule has 0 N–H and O–H groups in total. The summed E-state index contributed by atoms with van der Waals surface area (Å²) in [5.41, 5.74) is -1.04. The number of benzene rings is 1. The van der Waals surface area contributed by atoms with Gasteiger partial charge in [-0.2, -0.15) is 17.9 Å². The number of aromatic nitrogens is 4. The number of sulfone groups is 1. The molecular weight excluding hydrogens is 501 g/mol. The van der Waals surface area contributed by atoms with E-state index in [4.69, 9.17) is 9.47 Å². The highest BCUT2D eigenvalue weighted by atomic mass is 32.2. The molecule has 4 rings (SSSR count). The SMILES string of the molecule is CCS(=O)(=O)c1cc(-c2ccc(OCCOC)cc2)cnc1-n1nc2ccc(C(F)(F)F)cn2c1=O. The number of nitrogens with zero attached hydrogens (tertiary/aromatic N) is 4. The molecule has 0 saturated carbocycles. The van der Waals surface area contributed by atoms with Gasteiger partial charge >= 0.3 is 11.9 Å². The third-order valence-electron chi connectivity index (χ3n) is 5.34. The van der Waals surface area contributed by atoms with Crippen LogP contribution in [0, 0.1) is 0 Å². The van der Waals surface area contributed by atoms with Gasteiger partial charge in [-0.15, -0.1) is 5.10 Å². The maximum Gasteiger partial charge on any atom is 0.417 e. The van der Waals surface area contributed by atoms with Crippen LogP contribution in [0.4, 0.5) is 13.2 Å². The standard InChI is InChI=1S/C23H21F3N4O5S/c1-3-36(32,33)19-12-16(15-4-7-18(8-5-15)35-11-10-34-2)13-27-21(19)30-22(31)29-14-17(23(24,25)26)6-9-20(29)28-30/h4-9,12-14H,3,10-11H2,1-2H3. The second kappa shape index (κ2) is 9.74. The van der Waals surface area contributed by atoms with E-state index in [0.29, 0.717) is 45.4 Å². The first-order valence-electron chi connectivity index (χ1n) is 10.7. The van der Waals surface area contributed by atoms with Gasteiger partial charge in [0.05, 0.1) is 17.9 Å². The fourth-order valence-electron chi connectivity index (χ4n) is 3.41. The van der Waals surface area contributed by atoms with Crippen molar-refractivity contribution in [3.63, 3.8) is 0 Å². The Morgan fingerprint density at radius 2 is 1.75 bits per heavy atom. The summed E-state index contributed by atoms with van der Waals surface area (Å²) in [6, 6.07) is 10.0. The summed E-state index contributed by atoms with van der Waals surface area (Å²) in [5, 5.41) is 4.01. The number of halogens is 3. The summed E-state index contributed by atoms with van der Waals surface area (Å²) in [7, 11) is -2.35. The largest absolute Gasteiger partial charge is 0.491 e. The second-order valence-electron chi connectivity index (χ2n) is 7.65. The molecule has 0 spiro atoms. The molecule has 0 saturated heterocycles. The molecule has 0 aliphatic heterocycles. The summed E-state index contributed by atoms with van der Waals surface area (Å²) in [5.74, 6) is -0.00349. The Labute approximate surface area is 203 Å². The van der Waals surface area contributed by atoms with Crippen LogP contribution in [0.2, 0.25) is 0 Å². The maximum atomic E-state index is 13.1. The first kappa shape index (κ1) is 25.4. The maximum absolute atomic E-state index is 13.1. The summed E-state index contributed by atoms with van der Waals surface area (Å²) in [4.78, 5) is 16.8. The molecule has 3 aromatic heterocycles. The minimum Gasteiger partial charge on any atom is -0.491 e. The van der Waals surface area contributed by atoms with Crippen molar-refractivity contribution >= 4 is 15.5 Å². The summed E-state index contributed by atoms with van der Waals surface area (Å²) < 4.78 is 77.0. The number of pyridine rings is 2. The Morgan fingerprint density at radius 1 is 1.03 bits per heavy atom. The lowest BCUT2D eigenvalue weighted by Gasteiger charge is -2.11. The van der Waals surface area contributed by atoms with Gasteiger partial charge in [-0.1, -0.05) is 19.1 Å². The summed E-state index contributed by atoms with van der Waals surface area (Å²) in [6.07, 6.45) is -2.70. The quantitative estimate of drug-likeness (QED) is 0.327. The monoisotopic (exact) mass is 522 g/mol. The van der Waals surface area contributed by atoms with E-state index in [0.717, 1.165) is 12.1 Å². The van der Waals surface area contributed by atoms with E-state index in [2.05, 4.69) is 10.1 Å². The Bertz CT molecular complexity index is 1560. The van der Waals surface area contributed by atoms with E-state index in [1.165, 1.54) is 19.2 Å². The van der Waals surface area contributed by atoms with Crippen molar-refractivity contribution in [2.75, 3.05) is 26.1 Å². The van der Waals surface area contributed by atoms with Gasteiger partial charge in [-0.25, -0.2) is 22.6 Å². The van der Waals surface area contributed by atoms with Crippen LogP contribution in [0.1, 0.15) is 12.5 Å². The highest BCUT2D eigenvalue weighted by Crippen LogP contribution is 2.30. The van der Waals surface area contributed by atoms with Gasteiger partial charge in [0.15, 0.2) is 21.3 Å². The van der Waals surface area contributed by atoms with Crippen LogP contribution in [-0.2, 0) is 20.8 Å². The molecule has 36 heavy (non-hydrogen) atoms. The molecule has 0 bridgehead atoms. The third-order valence-corrected chi connectivity index (χ3v) is 7.07. The van der Waals surface area contributed by atoms with Crippen molar-refractivity contribution in [1.82, 2.24) is 19.2 Å². The first-order chi connectivity index (χ1) is 17.0. The number of fused-ring (bicyclic) bond motifs is 1. The molecule has 0 radical (unpaired) electrons. The Balaban J connectivity index is 1.80. The van der Waals surface area contributed by atoms with Crippen molar-refractivity contribution in [1.29, 1.82) is 0 Å². The highest BCUT2D eigenvalue weighted by molar-refractivity contribution is 7.91. The van der Waals surface area contributed by atoms with Gasteiger partial charge < -0.3 is 9.47 Å². The molecule has 1 aromatic carbocycles. The van der Waals surface area contributed by atoms with E-state index in [9.17, 15) is 26.4 Å². The topological polar surface area (TPSA) is 105 Å². The predicted molar refractivity (Wildman–Crippen MR) is 124 cm³/mol. The van der Waals surface area contributed by atoms with Crippen molar-refractivity contribution < 1.29 is 31.1 Å². The highest BCUT2D eigenvalue weighted by Gasteiger charge is 2.31. The van der Waals surface area contributed by atoms with Crippen LogP contribution in [0.3, 0.4) is 0 Å². The van der Waals surface area contributed by atoms with Crippen LogP contribution in [0.25, 0.3) is 22.6 Å². The summed E-state index contributed by atoms with van der Waals surface area (Å²) >= 11 is 0. The first-order valence-corrected chi connectivity index (χ1v) is 12.3. The molecule has 13 heteroatoms. The molecule has 190 valence electrons. The lowest BCUT2D eigenvalue weighted by molar-refractivity contribution is -0.137. The van der Waals surface area contributed by atoms with Crippen LogP contribution in [-0.4, -0.2) is 53.7 Å². The molecule has 0 unspecified atom stereocenters. The molecule has 9 nitrogen and oxygen atoms in total. The Hall–Kier alpha value is -3.71. The summed E-state index contributed by atoms with van der Waals surface area (Å²) in [6.45, 7) is 2.22.